The first kappa shape index (κ1) is 15.6. The highest BCUT2D eigenvalue weighted by Crippen LogP contribution is 2.26. The zero-order valence-corrected chi connectivity index (χ0v) is 11.9. The molecule has 0 fully saturated rings. The zero-order valence-electron chi connectivity index (χ0n) is 11.9. The highest BCUT2D eigenvalue weighted by atomic mass is 19.4. The van der Waals surface area contributed by atoms with E-state index >= 15 is 0 Å². The molecule has 2 rings (SSSR count). The van der Waals surface area contributed by atoms with E-state index < -0.39 is 12.3 Å². The van der Waals surface area contributed by atoms with Crippen molar-refractivity contribution in [2.45, 2.75) is 32.7 Å². The Morgan fingerprint density at radius 3 is 2.67 bits per heavy atom. The molecule has 0 amide bonds. The third kappa shape index (κ3) is 3.85. The van der Waals surface area contributed by atoms with Gasteiger partial charge in [-0.3, -0.25) is 0 Å². The monoisotopic (exact) mass is 298 g/mol. The molecular formula is C15H17F3N2O. The lowest BCUT2D eigenvalue weighted by Gasteiger charge is -2.18. The highest BCUT2D eigenvalue weighted by Gasteiger charge is 2.36. The second kappa shape index (κ2) is 6.30. The van der Waals surface area contributed by atoms with Crippen LogP contribution in [0.1, 0.15) is 19.4 Å². The summed E-state index contributed by atoms with van der Waals surface area (Å²) in [6.45, 7) is 3.40. The molecule has 114 valence electrons. The molecule has 0 bridgehead atoms. The van der Waals surface area contributed by atoms with Gasteiger partial charge < -0.3 is 10.1 Å². The Kier molecular flexibility index (Phi) is 4.67. The van der Waals surface area contributed by atoms with Gasteiger partial charge in [0.1, 0.15) is 5.82 Å². The molecule has 2 aromatic rings. The number of hydrogen-bond acceptors (Lipinski definition) is 3. The predicted octanol–water partition coefficient (Wildman–Crippen LogP) is 4.13. The minimum atomic E-state index is -4.36. The fourth-order valence-electron chi connectivity index (χ4n) is 1.90. The van der Waals surface area contributed by atoms with E-state index in [1.165, 1.54) is 0 Å². The van der Waals surface area contributed by atoms with Crippen molar-refractivity contribution in [3.05, 3.63) is 35.9 Å². The van der Waals surface area contributed by atoms with Crippen LogP contribution < -0.4 is 5.32 Å². The third-order valence-electron chi connectivity index (χ3n) is 3.10. The Morgan fingerprint density at radius 2 is 2.00 bits per heavy atom. The lowest BCUT2D eigenvalue weighted by Crippen LogP contribution is -2.28. The molecule has 1 aromatic carbocycles. The maximum Gasteiger partial charge on any atom is 0.414 e. The lowest BCUT2D eigenvalue weighted by molar-refractivity contribution is -0.217. The number of aromatic nitrogens is 1. The van der Waals surface area contributed by atoms with Crippen molar-refractivity contribution in [2.24, 2.45) is 0 Å². The van der Waals surface area contributed by atoms with E-state index in [4.69, 9.17) is 4.74 Å². The van der Waals surface area contributed by atoms with Gasteiger partial charge in [0, 0.05) is 17.5 Å². The molecule has 1 N–H and O–H groups in total. The minimum absolute atomic E-state index is 0.138. The summed E-state index contributed by atoms with van der Waals surface area (Å²) < 4.78 is 42.4. The van der Waals surface area contributed by atoms with Crippen LogP contribution in [-0.4, -0.2) is 23.8 Å². The number of pyridine rings is 1. The van der Waals surface area contributed by atoms with Gasteiger partial charge in [-0.15, -0.1) is 0 Å². The predicted molar refractivity (Wildman–Crippen MR) is 76.2 cm³/mol. The fraction of sp³-hybridized carbons (Fsp3) is 0.400. The molecule has 0 aliphatic carbocycles. The number of alkyl halides is 3. The summed E-state index contributed by atoms with van der Waals surface area (Å²) in [6, 6.07) is 9.27. The first-order valence-electron chi connectivity index (χ1n) is 6.72. The van der Waals surface area contributed by atoms with Crippen LogP contribution in [0.3, 0.4) is 0 Å². The molecule has 0 spiro atoms. The van der Waals surface area contributed by atoms with Crippen LogP contribution in [0, 0.1) is 0 Å². The van der Waals surface area contributed by atoms with E-state index in [0.717, 1.165) is 17.8 Å². The van der Waals surface area contributed by atoms with Crippen molar-refractivity contribution in [3.63, 3.8) is 0 Å². The molecule has 3 nitrogen and oxygen atoms in total. The summed E-state index contributed by atoms with van der Waals surface area (Å²) in [5, 5.41) is 3.93. The lowest BCUT2D eigenvalue weighted by atomic mass is 10.1. The van der Waals surface area contributed by atoms with Crippen molar-refractivity contribution in [2.75, 3.05) is 11.9 Å². The van der Waals surface area contributed by atoms with Crippen molar-refractivity contribution in [3.8, 4) is 0 Å². The molecule has 0 aliphatic rings. The fourth-order valence-corrected chi connectivity index (χ4v) is 1.90. The Balaban J connectivity index is 2.26. The molecular weight excluding hydrogens is 281 g/mol. The number of halogens is 3. The second-order valence-electron chi connectivity index (χ2n) is 4.71. The molecule has 6 heteroatoms. The average molecular weight is 298 g/mol. The molecule has 1 heterocycles. The molecule has 1 atom stereocenters. The van der Waals surface area contributed by atoms with Crippen molar-refractivity contribution < 1.29 is 17.9 Å². The average Bonchev–Trinajstić information content (AvgIpc) is 2.44. The Hall–Kier alpha value is -1.82. The molecule has 1 unspecified atom stereocenters. The van der Waals surface area contributed by atoms with Gasteiger partial charge in [-0.1, -0.05) is 18.2 Å². The van der Waals surface area contributed by atoms with Crippen LogP contribution in [0.5, 0.6) is 0 Å². The first-order valence-corrected chi connectivity index (χ1v) is 6.72. The maximum absolute atomic E-state index is 12.5. The molecule has 0 radical (unpaired) electrons. The molecule has 0 aliphatic heterocycles. The number of hydrogen-bond donors (Lipinski definition) is 1. The molecule has 0 saturated heterocycles. The topological polar surface area (TPSA) is 34.2 Å². The van der Waals surface area contributed by atoms with Crippen molar-refractivity contribution >= 4 is 16.7 Å². The van der Waals surface area contributed by atoms with Gasteiger partial charge in [-0.05, 0) is 26.0 Å². The van der Waals surface area contributed by atoms with Gasteiger partial charge in [0.2, 0.25) is 0 Å². The number of nitrogens with zero attached hydrogens (tertiary/aromatic N) is 1. The van der Waals surface area contributed by atoms with Crippen LogP contribution in [-0.2, 0) is 11.3 Å². The molecule has 1 aromatic heterocycles. The SMILES string of the molecule is CCNc1nc2ccccc2cc1COC(C)C(F)(F)F. The number of fused-ring (bicyclic) bond motifs is 1. The van der Waals surface area contributed by atoms with E-state index in [9.17, 15) is 13.2 Å². The van der Waals surface area contributed by atoms with Crippen LogP contribution in [0.4, 0.5) is 19.0 Å². The number of rotatable bonds is 5. The van der Waals surface area contributed by atoms with Gasteiger partial charge in [-0.2, -0.15) is 13.2 Å². The second-order valence-corrected chi connectivity index (χ2v) is 4.71. The van der Waals surface area contributed by atoms with Gasteiger partial charge in [0.15, 0.2) is 6.10 Å². The van der Waals surface area contributed by atoms with Crippen molar-refractivity contribution in [1.82, 2.24) is 4.98 Å². The Morgan fingerprint density at radius 1 is 1.29 bits per heavy atom. The van der Waals surface area contributed by atoms with E-state index in [0.29, 0.717) is 17.9 Å². The first-order chi connectivity index (χ1) is 9.91. The van der Waals surface area contributed by atoms with Gasteiger partial charge in [-0.25, -0.2) is 4.98 Å². The number of anilines is 1. The standard InChI is InChI=1S/C15H17F3N2O/c1-3-19-14-12(9-21-10(2)15(16,17)18)8-11-6-4-5-7-13(11)20-14/h4-8,10H,3,9H2,1-2H3,(H,19,20). The van der Waals surface area contributed by atoms with E-state index in [1.54, 1.807) is 0 Å². The Labute approximate surface area is 121 Å². The molecule has 21 heavy (non-hydrogen) atoms. The van der Waals surface area contributed by atoms with E-state index in [1.807, 2.05) is 37.3 Å². The minimum Gasteiger partial charge on any atom is -0.370 e. The summed E-state index contributed by atoms with van der Waals surface area (Å²) in [6.07, 6.45) is -6.17. The number of ether oxygens (including phenoxy) is 1. The quantitative estimate of drug-likeness (QED) is 0.901. The number of para-hydroxylation sites is 1. The normalized spacial score (nSPS) is 13.4. The van der Waals surface area contributed by atoms with Crippen LogP contribution >= 0.6 is 0 Å². The smallest absolute Gasteiger partial charge is 0.370 e. The zero-order chi connectivity index (χ0) is 15.5. The number of nitrogens with one attached hydrogen (secondary N) is 1. The van der Waals surface area contributed by atoms with Crippen LogP contribution in [0.25, 0.3) is 10.9 Å². The third-order valence-corrected chi connectivity index (χ3v) is 3.10. The van der Waals surface area contributed by atoms with Crippen molar-refractivity contribution in [1.29, 1.82) is 0 Å². The summed E-state index contributed by atoms with van der Waals surface area (Å²) >= 11 is 0. The molecule has 0 saturated carbocycles. The summed E-state index contributed by atoms with van der Waals surface area (Å²) in [4.78, 5) is 4.43. The van der Waals surface area contributed by atoms with Crippen LogP contribution in [0.2, 0.25) is 0 Å². The maximum atomic E-state index is 12.5. The van der Waals surface area contributed by atoms with Gasteiger partial charge in [0.05, 0.1) is 12.1 Å². The highest BCUT2D eigenvalue weighted by molar-refractivity contribution is 5.81. The van der Waals surface area contributed by atoms with E-state index in [-0.39, 0.29) is 6.61 Å². The largest absolute Gasteiger partial charge is 0.414 e. The summed E-state index contributed by atoms with van der Waals surface area (Å²) in [5.41, 5.74) is 1.41. The van der Waals surface area contributed by atoms with Crippen LogP contribution in [0.15, 0.2) is 30.3 Å². The van der Waals surface area contributed by atoms with Gasteiger partial charge in [0.25, 0.3) is 0 Å². The number of benzene rings is 1. The summed E-state index contributed by atoms with van der Waals surface area (Å²) in [7, 11) is 0. The summed E-state index contributed by atoms with van der Waals surface area (Å²) in [5.74, 6) is 0.561. The van der Waals surface area contributed by atoms with E-state index in [2.05, 4.69) is 10.3 Å². The van der Waals surface area contributed by atoms with Gasteiger partial charge >= 0.3 is 6.18 Å². The Bertz CT molecular complexity index is 613.